The largest absolute Gasteiger partial charge is 0.453 e. The van der Waals surface area contributed by atoms with Gasteiger partial charge in [0.2, 0.25) is 12.3 Å². The monoisotopic (exact) mass is 886 g/mol. The maximum atomic E-state index is 14.2. The SMILES string of the molecule is COC(=O)N[C@@H](C(=O)N1C[C@@H](SC)C[C@H]1c1ncc(-c2ccc(-c3ccc(-c4nc([C@@H]5CCCN5C(=O)[C@H](COOC=N)c5ccccc5)[nH]c4Cl)cc3)cc2)[nH]1)c1ccccc1. The number of carbonyl (C=O) groups is 3. The second-order valence-electron chi connectivity index (χ2n) is 15.4. The van der Waals surface area contributed by atoms with E-state index in [0.717, 1.165) is 46.4 Å². The number of benzene rings is 4. The van der Waals surface area contributed by atoms with Crippen molar-refractivity contribution in [2.24, 2.45) is 0 Å². The van der Waals surface area contributed by atoms with Gasteiger partial charge in [0, 0.05) is 23.9 Å². The number of methoxy groups -OCH3 is 1. The lowest BCUT2D eigenvalue weighted by Gasteiger charge is -2.28. The van der Waals surface area contributed by atoms with Crippen molar-refractivity contribution in [3.8, 4) is 33.6 Å². The van der Waals surface area contributed by atoms with E-state index in [9.17, 15) is 14.4 Å². The number of nitrogens with one attached hydrogen (secondary N) is 4. The number of ether oxygens (including phenoxy) is 1. The van der Waals surface area contributed by atoms with Gasteiger partial charge in [0.05, 0.1) is 37.0 Å². The third-order valence-corrected chi connectivity index (χ3v) is 13.0. The number of imidazole rings is 2. The number of hydrogen-bond donors (Lipinski definition) is 4. The number of aromatic nitrogens is 4. The molecule has 2 aliphatic heterocycles. The summed E-state index contributed by atoms with van der Waals surface area (Å²) in [5.41, 5.74) is 6.69. The summed E-state index contributed by atoms with van der Waals surface area (Å²) in [6, 6.07) is 33.3. The summed E-state index contributed by atoms with van der Waals surface area (Å²) < 4.78 is 4.87. The van der Waals surface area contributed by atoms with Gasteiger partial charge in [-0.25, -0.2) is 14.8 Å². The highest BCUT2D eigenvalue weighted by Crippen LogP contribution is 2.40. The Morgan fingerprint density at radius 3 is 2.16 bits per heavy atom. The zero-order valence-corrected chi connectivity index (χ0v) is 36.3. The first kappa shape index (κ1) is 43.2. The number of alkyl carbamates (subject to hydrolysis) is 1. The average molecular weight is 887 g/mol. The molecule has 4 heterocycles. The number of rotatable bonds is 15. The van der Waals surface area contributed by atoms with Crippen LogP contribution in [0.25, 0.3) is 33.6 Å². The maximum absolute atomic E-state index is 14.2. The van der Waals surface area contributed by atoms with Crippen LogP contribution in [0, 0.1) is 5.41 Å². The smallest absolute Gasteiger partial charge is 0.407 e. The molecule has 0 radical (unpaired) electrons. The molecule has 14 nitrogen and oxygen atoms in total. The lowest BCUT2D eigenvalue weighted by molar-refractivity contribution is -0.221. The lowest BCUT2D eigenvalue weighted by Crippen LogP contribution is -2.43. The number of H-pyrrole nitrogens is 2. The van der Waals surface area contributed by atoms with Crippen molar-refractivity contribution in [3.63, 3.8) is 0 Å². The summed E-state index contributed by atoms with van der Waals surface area (Å²) >= 11 is 8.48. The van der Waals surface area contributed by atoms with Gasteiger partial charge in [0.25, 0.3) is 5.91 Å². The molecule has 8 rings (SSSR count). The molecule has 4 N–H and O–H groups in total. The fourth-order valence-electron chi connectivity index (χ4n) is 8.43. The Bertz CT molecular complexity index is 2520. The highest BCUT2D eigenvalue weighted by atomic mass is 35.5. The first-order chi connectivity index (χ1) is 30.8. The van der Waals surface area contributed by atoms with Crippen LogP contribution in [-0.2, 0) is 24.1 Å². The molecular formula is C47H47ClN8O6S. The molecular weight excluding hydrogens is 840 g/mol. The Morgan fingerprint density at radius 2 is 1.51 bits per heavy atom. The van der Waals surface area contributed by atoms with Crippen molar-refractivity contribution >= 4 is 47.7 Å². The van der Waals surface area contributed by atoms with Crippen LogP contribution in [0.15, 0.2) is 115 Å². The Hall–Kier alpha value is -6.42. The van der Waals surface area contributed by atoms with Crippen molar-refractivity contribution in [2.75, 3.05) is 33.1 Å². The van der Waals surface area contributed by atoms with Crippen LogP contribution in [0.5, 0.6) is 0 Å². The van der Waals surface area contributed by atoms with Crippen molar-refractivity contribution in [1.29, 1.82) is 5.41 Å². The van der Waals surface area contributed by atoms with E-state index in [4.69, 9.17) is 41.5 Å². The molecule has 2 aliphatic rings. The normalized spacial score (nSPS) is 18.2. The molecule has 16 heteroatoms. The second-order valence-corrected chi connectivity index (χ2v) is 16.9. The molecule has 324 valence electrons. The third-order valence-electron chi connectivity index (χ3n) is 11.7. The van der Waals surface area contributed by atoms with Crippen LogP contribution in [0.2, 0.25) is 5.15 Å². The number of carbonyl (C=O) groups excluding carboxylic acids is 3. The van der Waals surface area contributed by atoms with Gasteiger partial charge in [-0.2, -0.15) is 16.6 Å². The molecule has 6 aromatic rings. The summed E-state index contributed by atoms with van der Waals surface area (Å²) in [4.78, 5) is 70.4. The van der Waals surface area contributed by atoms with Crippen LogP contribution >= 0.6 is 23.4 Å². The Morgan fingerprint density at radius 1 is 0.857 bits per heavy atom. The van der Waals surface area contributed by atoms with E-state index in [1.165, 1.54) is 7.11 Å². The average Bonchev–Trinajstić information content (AvgIpc) is 4.17. The Balaban J connectivity index is 0.953. The minimum Gasteiger partial charge on any atom is -0.453 e. The van der Waals surface area contributed by atoms with Gasteiger partial charge in [-0.15, -0.1) is 0 Å². The number of likely N-dealkylation sites (tertiary alicyclic amines) is 2. The summed E-state index contributed by atoms with van der Waals surface area (Å²) in [5, 5.41) is 10.5. The molecule has 5 atom stereocenters. The Labute approximate surface area is 374 Å². The molecule has 2 fully saturated rings. The number of halogens is 1. The van der Waals surface area contributed by atoms with Crippen molar-refractivity contribution < 1.29 is 28.9 Å². The van der Waals surface area contributed by atoms with Crippen LogP contribution in [-0.4, -0.2) is 92.4 Å². The number of hydrogen-bond acceptors (Lipinski definition) is 10. The van der Waals surface area contributed by atoms with E-state index >= 15 is 0 Å². The summed E-state index contributed by atoms with van der Waals surface area (Å²) in [6.07, 6.45) is 6.10. The number of thioether (sulfide) groups is 1. The van der Waals surface area contributed by atoms with Gasteiger partial charge in [-0.05, 0) is 53.3 Å². The first-order valence-electron chi connectivity index (χ1n) is 20.6. The van der Waals surface area contributed by atoms with Gasteiger partial charge < -0.3 is 34.7 Å². The van der Waals surface area contributed by atoms with Gasteiger partial charge in [0.1, 0.15) is 35.1 Å². The molecule has 63 heavy (non-hydrogen) atoms. The summed E-state index contributed by atoms with van der Waals surface area (Å²) in [5.74, 6) is 0.337. The minimum atomic E-state index is -0.910. The van der Waals surface area contributed by atoms with Gasteiger partial charge in [-0.1, -0.05) is 121 Å². The van der Waals surface area contributed by atoms with Crippen LogP contribution < -0.4 is 5.32 Å². The maximum Gasteiger partial charge on any atom is 0.407 e. The van der Waals surface area contributed by atoms with E-state index < -0.39 is 18.1 Å². The summed E-state index contributed by atoms with van der Waals surface area (Å²) in [6.45, 7) is 1.04. The predicted octanol–water partition coefficient (Wildman–Crippen LogP) is 8.89. The molecule has 0 bridgehead atoms. The zero-order valence-electron chi connectivity index (χ0n) is 34.7. The predicted molar refractivity (Wildman–Crippen MR) is 242 cm³/mol. The summed E-state index contributed by atoms with van der Waals surface area (Å²) in [7, 11) is 1.28. The molecule has 0 spiro atoms. The van der Waals surface area contributed by atoms with E-state index in [2.05, 4.69) is 27.4 Å². The van der Waals surface area contributed by atoms with Crippen molar-refractivity contribution in [2.45, 2.75) is 48.6 Å². The van der Waals surface area contributed by atoms with Gasteiger partial charge in [-0.3, -0.25) is 15.0 Å². The fourth-order valence-corrected chi connectivity index (χ4v) is 9.36. The number of amides is 3. The zero-order chi connectivity index (χ0) is 43.9. The second kappa shape index (κ2) is 19.7. The Kier molecular flexibility index (Phi) is 13.5. The molecule has 3 amide bonds. The number of aromatic amines is 2. The van der Waals surface area contributed by atoms with Crippen LogP contribution in [0.3, 0.4) is 0 Å². The fraction of sp³-hybridized carbons (Fsp3) is 0.277. The van der Waals surface area contributed by atoms with Crippen molar-refractivity contribution in [3.05, 3.63) is 143 Å². The first-order valence-corrected chi connectivity index (χ1v) is 22.3. The van der Waals surface area contributed by atoms with E-state index in [-0.39, 0.29) is 35.8 Å². The minimum absolute atomic E-state index is 0.0393. The molecule has 0 unspecified atom stereocenters. The molecule has 2 saturated heterocycles. The highest BCUT2D eigenvalue weighted by Gasteiger charge is 2.41. The molecule has 0 aliphatic carbocycles. The quantitative estimate of drug-likeness (QED) is 0.0258. The van der Waals surface area contributed by atoms with Gasteiger partial charge in [0.15, 0.2) is 0 Å². The van der Waals surface area contributed by atoms with E-state index in [1.807, 2.05) is 113 Å². The van der Waals surface area contributed by atoms with Crippen LogP contribution in [0.1, 0.15) is 66.1 Å². The van der Waals surface area contributed by atoms with Crippen molar-refractivity contribution in [1.82, 2.24) is 35.1 Å². The topological polar surface area (TPSA) is 179 Å². The van der Waals surface area contributed by atoms with Crippen LogP contribution in [0.4, 0.5) is 4.79 Å². The lowest BCUT2D eigenvalue weighted by atomic mass is 9.98. The third kappa shape index (κ3) is 9.50. The molecule has 4 aromatic carbocycles. The number of nitrogens with zero attached hydrogens (tertiary/aromatic N) is 4. The standard InChI is InChI=1S/C47H47ClN8O6S/c1-60-47(59)53-41(33-12-7-4-8-13-33)46(58)56-26-35(63-2)24-39(56)43-50-25-37(51-43)32-19-15-29(16-20-32)30-17-21-34(22-18-30)40-42(48)54-44(52-40)38-14-9-23-55(38)45(57)36(27-61-62-28-49)31-10-5-3-6-11-31/h3-8,10-13,15-22,25,28,35-36,38-39,41,49H,9,14,23-24,26-27H2,1-2H3,(H,50,51)(H,52,54)(H,53,59)/t35-,36+,38-,39-,41+/m0/s1. The molecule has 0 saturated carbocycles. The highest BCUT2D eigenvalue weighted by molar-refractivity contribution is 7.99. The van der Waals surface area contributed by atoms with E-state index in [0.29, 0.717) is 54.0 Å². The van der Waals surface area contributed by atoms with E-state index in [1.54, 1.807) is 18.0 Å². The molecule has 2 aromatic heterocycles. The van der Waals surface area contributed by atoms with Gasteiger partial charge >= 0.3 is 6.09 Å².